The van der Waals surface area contributed by atoms with Crippen LogP contribution < -0.4 is 0 Å². The Morgan fingerprint density at radius 2 is 0.643 bits per heavy atom. The lowest BCUT2D eigenvalue weighted by Crippen LogP contribution is -2.10. The predicted molar refractivity (Wildman–Crippen MR) is 230 cm³/mol. The SMILES string of the molecule is c1ccc(-c2ccc(-c3cccc(-c4ccccc4-c4nc(-n5c6ccccc6c6ccccc65)nc(-n5c6ccccc6c6ccccc65)n4)c3)cc2)cc1. The maximum atomic E-state index is 5.35. The molecule has 0 atom stereocenters. The van der Waals surface area contributed by atoms with E-state index in [4.69, 9.17) is 15.0 Å². The summed E-state index contributed by atoms with van der Waals surface area (Å²) in [5.41, 5.74) is 11.9. The lowest BCUT2D eigenvalue weighted by atomic mass is 9.95. The summed E-state index contributed by atoms with van der Waals surface area (Å²) in [6.45, 7) is 0. The Morgan fingerprint density at radius 3 is 1.16 bits per heavy atom. The van der Waals surface area contributed by atoms with Gasteiger partial charge in [0, 0.05) is 27.1 Å². The summed E-state index contributed by atoms with van der Waals surface area (Å²) in [4.78, 5) is 16.0. The molecular formula is C51H33N5. The van der Waals surface area contributed by atoms with Crippen molar-refractivity contribution in [3.63, 3.8) is 0 Å². The molecule has 262 valence electrons. The van der Waals surface area contributed by atoms with Crippen LogP contribution in [0.3, 0.4) is 0 Å². The van der Waals surface area contributed by atoms with Crippen LogP contribution in [0, 0.1) is 0 Å². The third kappa shape index (κ3) is 5.21. The first-order valence-electron chi connectivity index (χ1n) is 18.9. The molecular weight excluding hydrogens is 683 g/mol. The third-order valence-electron chi connectivity index (χ3n) is 10.8. The first-order chi connectivity index (χ1) is 27.8. The molecule has 0 radical (unpaired) electrons. The second-order valence-corrected chi connectivity index (χ2v) is 14.1. The van der Waals surface area contributed by atoms with E-state index in [2.05, 4.69) is 209 Å². The predicted octanol–water partition coefficient (Wildman–Crippen LogP) is 12.7. The van der Waals surface area contributed by atoms with E-state index in [-0.39, 0.29) is 0 Å². The standard InChI is InChI=1S/C51H33N5/c1-2-15-34(16-3-1)35-29-31-36(32-30-35)37-17-14-18-38(33-37)39-19-4-5-24-44(39)49-52-50(55-45-25-10-6-20-40(45)41-21-7-11-26-46(41)55)54-51(53-49)56-47-27-12-8-22-42(47)43-23-9-13-28-48(43)56/h1-33H. The molecule has 0 fully saturated rings. The minimum absolute atomic E-state index is 0.561. The van der Waals surface area contributed by atoms with Gasteiger partial charge in [0.05, 0.1) is 22.1 Å². The fourth-order valence-corrected chi connectivity index (χ4v) is 8.23. The van der Waals surface area contributed by atoms with Crippen LogP contribution in [0.4, 0.5) is 0 Å². The Balaban J connectivity index is 1.13. The van der Waals surface area contributed by atoms with Crippen molar-refractivity contribution in [3.05, 3.63) is 200 Å². The van der Waals surface area contributed by atoms with Gasteiger partial charge in [-0.25, -0.2) is 0 Å². The maximum absolute atomic E-state index is 5.35. The average molecular weight is 716 g/mol. The lowest BCUT2D eigenvalue weighted by Gasteiger charge is -2.15. The van der Waals surface area contributed by atoms with Gasteiger partial charge >= 0.3 is 0 Å². The third-order valence-corrected chi connectivity index (χ3v) is 10.8. The van der Waals surface area contributed by atoms with E-state index >= 15 is 0 Å². The molecule has 0 aliphatic heterocycles. The number of fused-ring (bicyclic) bond motifs is 6. The van der Waals surface area contributed by atoms with Gasteiger partial charge in [-0.15, -0.1) is 0 Å². The van der Waals surface area contributed by atoms with Gasteiger partial charge in [0.25, 0.3) is 0 Å². The zero-order valence-electron chi connectivity index (χ0n) is 30.3. The molecule has 0 spiro atoms. The van der Waals surface area contributed by atoms with E-state index in [9.17, 15) is 0 Å². The van der Waals surface area contributed by atoms with Gasteiger partial charge in [-0.3, -0.25) is 9.13 Å². The van der Waals surface area contributed by atoms with Crippen molar-refractivity contribution in [1.82, 2.24) is 24.1 Å². The van der Waals surface area contributed by atoms with Gasteiger partial charge in [-0.1, -0.05) is 170 Å². The fourth-order valence-electron chi connectivity index (χ4n) is 8.23. The van der Waals surface area contributed by atoms with Gasteiger partial charge in [0.1, 0.15) is 0 Å². The molecule has 0 bridgehead atoms. The van der Waals surface area contributed by atoms with E-state index < -0.39 is 0 Å². The van der Waals surface area contributed by atoms with Crippen LogP contribution in [0.15, 0.2) is 200 Å². The van der Waals surface area contributed by atoms with Crippen LogP contribution in [0.1, 0.15) is 0 Å². The number of rotatable bonds is 6. The summed E-state index contributed by atoms with van der Waals surface area (Å²) in [7, 11) is 0. The second-order valence-electron chi connectivity index (χ2n) is 14.1. The Labute approximate surface area is 323 Å². The first-order valence-corrected chi connectivity index (χ1v) is 18.9. The highest BCUT2D eigenvalue weighted by molar-refractivity contribution is 6.10. The van der Waals surface area contributed by atoms with Gasteiger partial charge in [0.15, 0.2) is 5.82 Å². The van der Waals surface area contributed by atoms with Crippen molar-refractivity contribution in [2.45, 2.75) is 0 Å². The molecule has 0 amide bonds. The number of nitrogens with zero attached hydrogens (tertiary/aromatic N) is 5. The summed E-state index contributed by atoms with van der Waals surface area (Å²) in [5.74, 6) is 1.72. The normalized spacial score (nSPS) is 11.6. The number of para-hydroxylation sites is 4. The van der Waals surface area contributed by atoms with E-state index in [1.54, 1.807) is 0 Å². The number of hydrogen-bond acceptors (Lipinski definition) is 3. The number of hydrogen-bond donors (Lipinski definition) is 0. The van der Waals surface area contributed by atoms with E-state index in [0.717, 1.165) is 71.4 Å². The van der Waals surface area contributed by atoms with Crippen LogP contribution in [0.25, 0.3) is 100 Å². The Hall–Kier alpha value is -7.63. The molecule has 3 aromatic heterocycles. The maximum Gasteiger partial charge on any atom is 0.240 e. The van der Waals surface area contributed by atoms with Crippen molar-refractivity contribution in [2.24, 2.45) is 0 Å². The molecule has 11 rings (SSSR count). The summed E-state index contributed by atoms with van der Waals surface area (Å²) in [5, 5.41) is 4.60. The lowest BCUT2D eigenvalue weighted by molar-refractivity contribution is 0.893. The van der Waals surface area contributed by atoms with Crippen molar-refractivity contribution in [2.75, 3.05) is 0 Å². The van der Waals surface area contributed by atoms with Crippen molar-refractivity contribution >= 4 is 43.6 Å². The minimum atomic E-state index is 0.561. The molecule has 0 unspecified atom stereocenters. The quantitative estimate of drug-likeness (QED) is 0.172. The monoisotopic (exact) mass is 715 g/mol. The number of aromatic nitrogens is 5. The smallest absolute Gasteiger partial charge is 0.240 e. The highest BCUT2D eigenvalue weighted by Crippen LogP contribution is 2.37. The molecule has 0 aliphatic carbocycles. The van der Waals surface area contributed by atoms with Crippen LogP contribution in [0.5, 0.6) is 0 Å². The zero-order valence-corrected chi connectivity index (χ0v) is 30.3. The average Bonchev–Trinajstić information content (AvgIpc) is 3.80. The van der Waals surface area contributed by atoms with Gasteiger partial charge in [-0.2, -0.15) is 15.0 Å². The highest BCUT2D eigenvalue weighted by atomic mass is 15.3. The summed E-state index contributed by atoms with van der Waals surface area (Å²) < 4.78 is 4.35. The van der Waals surface area contributed by atoms with Gasteiger partial charge < -0.3 is 0 Å². The van der Waals surface area contributed by atoms with Crippen LogP contribution in [-0.2, 0) is 0 Å². The summed E-state index contributed by atoms with van der Waals surface area (Å²) >= 11 is 0. The van der Waals surface area contributed by atoms with Gasteiger partial charge in [0.2, 0.25) is 11.9 Å². The summed E-state index contributed by atoms with van der Waals surface area (Å²) in [6, 6.07) is 70.4. The molecule has 56 heavy (non-hydrogen) atoms. The summed E-state index contributed by atoms with van der Waals surface area (Å²) in [6.07, 6.45) is 0. The molecule has 0 saturated carbocycles. The van der Waals surface area contributed by atoms with Crippen molar-refractivity contribution in [3.8, 4) is 56.7 Å². The molecule has 11 aromatic rings. The molecule has 5 nitrogen and oxygen atoms in total. The molecule has 5 heteroatoms. The zero-order chi connectivity index (χ0) is 37.0. The van der Waals surface area contributed by atoms with Crippen molar-refractivity contribution in [1.29, 1.82) is 0 Å². The molecule has 0 N–H and O–H groups in total. The van der Waals surface area contributed by atoms with Crippen LogP contribution in [-0.4, -0.2) is 24.1 Å². The molecule has 3 heterocycles. The topological polar surface area (TPSA) is 48.5 Å². The molecule has 0 aliphatic rings. The fraction of sp³-hybridized carbons (Fsp3) is 0. The Kier molecular flexibility index (Phi) is 7.42. The number of benzene rings is 8. The van der Waals surface area contributed by atoms with Crippen LogP contribution in [0.2, 0.25) is 0 Å². The molecule has 8 aromatic carbocycles. The van der Waals surface area contributed by atoms with Gasteiger partial charge in [-0.05, 0) is 63.7 Å². The van der Waals surface area contributed by atoms with Crippen molar-refractivity contribution < 1.29 is 0 Å². The highest BCUT2D eigenvalue weighted by Gasteiger charge is 2.21. The second kappa shape index (κ2) is 13.0. The van der Waals surface area contributed by atoms with E-state index in [1.807, 2.05) is 0 Å². The van der Waals surface area contributed by atoms with E-state index in [0.29, 0.717) is 17.7 Å². The largest absolute Gasteiger partial charge is 0.278 e. The van der Waals surface area contributed by atoms with E-state index in [1.165, 1.54) is 11.1 Å². The molecule has 0 saturated heterocycles. The Morgan fingerprint density at radius 1 is 0.268 bits per heavy atom. The minimum Gasteiger partial charge on any atom is -0.278 e. The van der Waals surface area contributed by atoms with Crippen LogP contribution >= 0.6 is 0 Å². The first kappa shape index (κ1) is 31.9. The Bertz CT molecular complexity index is 3010.